The van der Waals surface area contributed by atoms with E-state index >= 15 is 0 Å². The minimum atomic E-state index is -1.38. The Hall–Kier alpha value is -1.73. The molecule has 6 nitrogen and oxygen atoms in total. The Morgan fingerprint density at radius 1 is 1.23 bits per heavy atom. The van der Waals surface area contributed by atoms with E-state index in [0.717, 1.165) is 32.1 Å². The van der Waals surface area contributed by atoms with Crippen LogP contribution < -0.4 is 4.72 Å². The van der Waals surface area contributed by atoms with Crippen molar-refractivity contribution in [1.29, 1.82) is 0 Å². The number of rotatable bonds is 8. The van der Waals surface area contributed by atoms with Crippen molar-refractivity contribution >= 4 is 22.8 Å². The predicted octanol–water partition coefficient (Wildman–Crippen LogP) is 1.89. The molecule has 0 aromatic rings. The smallest absolute Gasteiger partial charge is 0.242 e. The highest BCUT2D eigenvalue weighted by molar-refractivity contribution is 7.87. The number of amides is 2. The van der Waals surface area contributed by atoms with Gasteiger partial charge in [-0.3, -0.25) is 9.59 Å². The normalized spacial score (nSPS) is 22.8. The molecule has 2 atom stereocenters. The quantitative estimate of drug-likeness (QED) is 0.655. The van der Waals surface area contributed by atoms with Crippen molar-refractivity contribution in [1.82, 2.24) is 14.5 Å². The molecule has 0 radical (unpaired) electrons. The highest BCUT2D eigenvalue weighted by Gasteiger charge is 2.31. The Balaban J connectivity index is 1.90. The summed E-state index contributed by atoms with van der Waals surface area (Å²) < 4.78 is 15.2. The molecule has 2 aliphatic heterocycles. The third kappa shape index (κ3) is 5.64. The molecule has 1 N–H and O–H groups in total. The van der Waals surface area contributed by atoms with Crippen LogP contribution in [-0.4, -0.2) is 58.0 Å². The zero-order valence-corrected chi connectivity index (χ0v) is 16.1. The first-order chi connectivity index (χ1) is 12.6. The summed E-state index contributed by atoms with van der Waals surface area (Å²) in [4.78, 5) is 28.9. The molecule has 0 saturated carbocycles. The van der Waals surface area contributed by atoms with E-state index in [2.05, 4.69) is 17.9 Å². The standard InChI is InChI=1S/C19H29N3O3S/c1-3-9-17(4-2)26(25)20-14-16-10-8-13-22(16)19(24)15-21-12-7-5-6-11-18(21)23/h3-4,9,16,20H,1-2,5-8,10-15H2/b17-9+/t16-,26?/m0/s1. The summed E-state index contributed by atoms with van der Waals surface area (Å²) in [5, 5.41) is 0. The number of allylic oxidation sites excluding steroid dienone is 3. The van der Waals surface area contributed by atoms with Crippen LogP contribution in [0.1, 0.15) is 38.5 Å². The van der Waals surface area contributed by atoms with Crippen LogP contribution in [0, 0.1) is 0 Å². The molecule has 0 aromatic heterocycles. The monoisotopic (exact) mass is 379 g/mol. The zero-order chi connectivity index (χ0) is 18.9. The number of carbonyl (C=O) groups excluding carboxylic acids is 2. The van der Waals surface area contributed by atoms with E-state index in [1.165, 1.54) is 6.08 Å². The summed E-state index contributed by atoms with van der Waals surface area (Å²) in [5.41, 5.74) is 0. The van der Waals surface area contributed by atoms with Crippen molar-refractivity contribution in [2.24, 2.45) is 0 Å². The van der Waals surface area contributed by atoms with Crippen LogP contribution in [0.2, 0.25) is 0 Å². The molecule has 2 heterocycles. The third-order valence-corrected chi connectivity index (χ3v) is 6.00. The first kappa shape index (κ1) is 20.6. The second-order valence-corrected chi connectivity index (χ2v) is 7.93. The summed E-state index contributed by atoms with van der Waals surface area (Å²) in [5.74, 6) is 0.0666. The molecule has 2 fully saturated rings. The van der Waals surface area contributed by atoms with Gasteiger partial charge < -0.3 is 9.80 Å². The third-order valence-electron chi connectivity index (χ3n) is 4.84. The number of likely N-dealkylation sites (tertiary alicyclic amines) is 2. The van der Waals surface area contributed by atoms with Gasteiger partial charge >= 0.3 is 0 Å². The fourth-order valence-electron chi connectivity index (χ4n) is 3.41. The molecule has 26 heavy (non-hydrogen) atoms. The molecule has 1 unspecified atom stereocenters. The largest absolute Gasteiger partial charge is 0.337 e. The van der Waals surface area contributed by atoms with E-state index in [1.54, 1.807) is 17.1 Å². The molecule has 0 bridgehead atoms. The van der Waals surface area contributed by atoms with Crippen molar-refractivity contribution in [2.75, 3.05) is 26.2 Å². The van der Waals surface area contributed by atoms with Gasteiger partial charge in [-0.25, -0.2) is 8.93 Å². The van der Waals surface area contributed by atoms with Gasteiger partial charge in [0.15, 0.2) is 0 Å². The second-order valence-electron chi connectivity index (χ2n) is 6.64. The highest BCUT2D eigenvalue weighted by atomic mass is 32.2. The molecular weight excluding hydrogens is 350 g/mol. The average molecular weight is 380 g/mol. The zero-order valence-electron chi connectivity index (χ0n) is 15.3. The number of hydrogen-bond acceptors (Lipinski definition) is 3. The summed E-state index contributed by atoms with van der Waals surface area (Å²) in [7, 11) is -1.38. The lowest BCUT2D eigenvalue weighted by Crippen LogP contribution is -2.47. The Labute approximate surface area is 158 Å². The minimum Gasteiger partial charge on any atom is -0.337 e. The molecule has 2 amide bonds. The lowest BCUT2D eigenvalue weighted by atomic mass is 10.2. The Kier molecular flexibility index (Phi) is 8.25. The molecule has 2 rings (SSSR count). The Morgan fingerprint density at radius 2 is 2.04 bits per heavy atom. The van der Waals surface area contributed by atoms with Crippen LogP contribution in [0.5, 0.6) is 0 Å². The summed E-state index contributed by atoms with van der Waals surface area (Å²) in [6.07, 6.45) is 10.0. The van der Waals surface area contributed by atoms with E-state index in [4.69, 9.17) is 0 Å². The number of carbonyl (C=O) groups is 2. The molecule has 0 aromatic carbocycles. The van der Waals surface area contributed by atoms with Gasteiger partial charge in [0, 0.05) is 32.1 Å². The van der Waals surface area contributed by atoms with Crippen LogP contribution in [0.4, 0.5) is 0 Å². The molecule has 2 aliphatic rings. The SMILES string of the molecule is C=C/C=C(\C=C)S(=O)NC[C@@H]1CCCN1C(=O)CN1CCCCCC1=O. The van der Waals surface area contributed by atoms with Crippen LogP contribution in [-0.2, 0) is 20.6 Å². The van der Waals surface area contributed by atoms with Gasteiger partial charge in [0.2, 0.25) is 11.8 Å². The maximum atomic E-state index is 12.7. The van der Waals surface area contributed by atoms with Gasteiger partial charge in [-0.05, 0) is 31.8 Å². The molecule has 0 aliphatic carbocycles. The topological polar surface area (TPSA) is 69.7 Å². The highest BCUT2D eigenvalue weighted by Crippen LogP contribution is 2.19. The molecular formula is C19H29N3O3S. The second kappa shape index (κ2) is 10.4. The fourth-order valence-corrected chi connectivity index (χ4v) is 4.29. The van der Waals surface area contributed by atoms with Crippen LogP contribution in [0.3, 0.4) is 0 Å². The first-order valence-corrected chi connectivity index (χ1v) is 10.4. The molecule has 7 heteroatoms. The van der Waals surface area contributed by atoms with Crippen molar-refractivity contribution in [3.8, 4) is 0 Å². The van der Waals surface area contributed by atoms with E-state index in [-0.39, 0.29) is 24.4 Å². The lowest BCUT2D eigenvalue weighted by Gasteiger charge is -2.28. The molecule has 2 saturated heterocycles. The van der Waals surface area contributed by atoms with Gasteiger partial charge in [0.25, 0.3) is 0 Å². The van der Waals surface area contributed by atoms with E-state index in [1.807, 2.05) is 4.90 Å². The summed E-state index contributed by atoms with van der Waals surface area (Å²) in [6, 6.07) is 0.00308. The van der Waals surface area contributed by atoms with Gasteiger partial charge in [0.1, 0.15) is 11.0 Å². The predicted molar refractivity (Wildman–Crippen MR) is 104 cm³/mol. The summed E-state index contributed by atoms with van der Waals surface area (Å²) >= 11 is 0. The van der Waals surface area contributed by atoms with Gasteiger partial charge in [0.05, 0.1) is 11.4 Å². The van der Waals surface area contributed by atoms with Crippen LogP contribution in [0.25, 0.3) is 0 Å². The van der Waals surface area contributed by atoms with Gasteiger partial charge in [-0.2, -0.15) is 0 Å². The molecule has 144 valence electrons. The van der Waals surface area contributed by atoms with Crippen molar-refractivity contribution in [2.45, 2.75) is 44.6 Å². The number of hydrogen-bond donors (Lipinski definition) is 1. The van der Waals surface area contributed by atoms with Crippen LogP contribution in [0.15, 0.2) is 36.3 Å². The van der Waals surface area contributed by atoms with E-state index in [0.29, 0.717) is 31.0 Å². The first-order valence-electron chi connectivity index (χ1n) is 9.24. The Morgan fingerprint density at radius 3 is 2.77 bits per heavy atom. The molecule has 0 spiro atoms. The fraction of sp³-hybridized carbons (Fsp3) is 0.579. The maximum Gasteiger partial charge on any atom is 0.242 e. The van der Waals surface area contributed by atoms with Gasteiger partial charge in [-0.1, -0.05) is 31.7 Å². The minimum absolute atomic E-state index is 0.00308. The van der Waals surface area contributed by atoms with Crippen molar-refractivity contribution in [3.05, 3.63) is 36.3 Å². The summed E-state index contributed by atoms with van der Waals surface area (Å²) in [6.45, 7) is 9.22. The number of nitrogens with zero attached hydrogens (tertiary/aromatic N) is 2. The van der Waals surface area contributed by atoms with Crippen molar-refractivity contribution in [3.63, 3.8) is 0 Å². The van der Waals surface area contributed by atoms with Crippen LogP contribution >= 0.6 is 0 Å². The van der Waals surface area contributed by atoms with Gasteiger partial charge in [-0.15, -0.1) is 0 Å². The Bertz CT molecular complexity index is 603. The van der Waals surface area contributed by atoms with E-state index in [9.17, 15) is 13.8 Å². The average Bonchev–Trinajstić information content (AvgIpc) is 3.02. The number of nitrogens with one attached hydrogen (secondary N) is 1. The lowest BCUT2D eigenvalue weighted by molar-refractivity contribution is -0.140. The van der Waals surface area contributed by atoms with E-state index < -0.39 is 11.0 Å². The van der Waals surface area contributed by atoms with Crippen molar-refractivity contribution < 1.29 is 13.8 Å². The maximum absolute atomic E-state index is 12.7.